The summed E-state index contributed by atoms with van der Waals surface area (Å²) < 4.78 is 0. The molecule has 22 heavy (non-hydrogen) atoms. The summed E-state index contributed by atoms with van der Waals surface area (Å²) in [4.78, 5) is 23.9. The lowest BCUT2D eigenvalue weighted by Crippen LogP contribution is -2.23. The maximum Gasteiger partial charge on any atom is 0.255 e. The van der Waals surface area contributed by atoms with Crippen molar-refractivity contribution >= 4 is 29.1 Å². The highest BCUT2D eigenvalue weighted by atomic mass is 35.5. The second-order valence-electron chi connectivity index (χ2n) is 4.80. The molecule has 0 spiro atoms. The summed E-state index contributed by atoms with van der Waals surface area (Å²) in [6.45, 7) is 2.64. The Bertz CT molecular complexity index is 669. The zero-order chi connectivity index (χ0) is 15.9. The molecule has 0 heterocycles. The summed E-state index contributed by atoms with van der Waals surface area (Å²) in [7, 11) is 0. The molecule has 4 nitrogen and oxygen atoms in total. The average molecular weight is 317 g/mol. The number of amides is 2. The van der Waals surface area contributed by atoms with Crippen LogP contribution in [0.5, 0.6) is 0 Å². The van der Waals surface area contributed by atoms with E-state index in [9.17, 15) is 9.59 Å². The molecule has 0 bridgehead atoms. The summed E-state index contributed by atoms with van der Waals surface area (Å²) in [5.41, 5.74) is 1.67. The number of benzene rings is 2. The van der Waals surface area contributed by atoms with Gasteiger partial charge in [-0.05, 0) is 48.9 Å². The molecule has 0 fully saturated rings. The summed E-state index contributed by atoms with van der Waals surface area (Å²) in [5, 5.41) is 6.08. The highest BCUT2D eigenvalue weighted by Gasteiger charge is 2.08. The highest BCUT2D eigenvalue weighted by molar-refractivity contribution is 6.31. The average Bonchev–Trinajstić information content (AvgIpc) is 2.53. The monoisotopic (exact) mass is 316 g/mol. The van der Waals surface area contributed by atoms with Crippen molar-refractivity contribution in [2.24, 2.45) is 0 Å². The van der Waals surface area contributed by atoms with Gasteiger partial charge in [-0.25, -0.2) is 0 Å². The summed E-state index contributed by atoms with van der Waals surface area (Å²) >= 11 is 5.86. The maximum atomic E-state index is 12.1. The number of nitrogens with one attached hydrogen (secondary N) is 2. The highest BCUT2D eigenvalue weighted by Crippen LogP contribution is 2.14. The van der Waals surface area contributed by atoms with E-state index in [0.29, 0.717) is 28.4 Å². The first kappa shape index (κ1) is 16.0. The number of carbonyl (C=O) groups excluding carboxylic acids is 2. The first-order valence-corrected chi connectivity index (χ1v) is 7.43. The molecule has 2 rings (SSSR count). The number of rotatable bonds is 5. The van der Waals surface area contributed by atoms with Crippen molar-refractivity contribution in [1.82, 2.24) is 5.32 Å². The zero-order valence-corrected chi connectivity index (χ0v) is 13.0. The third-order valence-corrected chi connectivity index (χ3v) is 3.26. The second kappa shape index (κ2) is 7.61. The molecule has 0 aliphatic heterocycles. The first-order chi connectivity index (χ1) is 10.6. The molecule has 5 heteroatoms. The van der Waals surface area contributed by atoms with Gasteiger partial charge < -0.3 is 10.6 Å². The van der Waals surface area contributed by atoms with Crippen LogP contribution >= 0.6 is 11.6 Å². The Morgan fingerprint density at radius 1 is 1.00 bits per heavy atom. The van der Waals surface area contributed by atoms with Gasteiger partial charge in [0.1, 0.15) is 0 Å². The smallest absolute Gasteiger partial charge is 0.255 e. The normalized spacial score (nSPS) is 10.1. The Hall–Kier alpha value is -2.33. The lowest BCUT2D eigenvalue weighted by molar-refractivity contribution is 0.0953. The molecule has 2 N–H and O–H groups in total. The Balaban J connectivity index is 2.02. The van der Waals surface area contributed by atoms with E-state index in [1.165, 1.54) is 0 Å². The molecule has 0 unspecified atom stereocenters. The van der Waals surface area contributed by atoms with Crippen molar-refractivity contribution in [3.63, 3.8) is 0 Å². The molecule has 2 amide bonds. The fraction of sp³-hybridized carbons (Fsp3) is 0.176. The molecule has 114 valence electrons. The third kappa shape index (κ3) is 4.33. The van der Waals surface area contributed by atoms with E-state index in [4.69, 9.17) is 11.6 Å². The van der Waals surface area contributed by atoms with E-state index in [1.54, 1.807) is 48.5 Å². The van der Waals surface area contributed by atoms with Gasteiger partial charge in [-0.15, -0.1) is 0 Å². The number of hydrogen-bond donors (Lipinski definition) is 2. The number of anilines is 1. The van der Waals surface area contributed by atoms with Crippen molar-refractivity contribution in [1.29, 1.82) is 0 Å². The maximum absolute atomic E-state index is 12.1. The zero-order valence-electron chi connectivity index (χ0n) is 12.2. The van der Waals surface area contributed by atoms with Crippen molar-refractivity contribution in [3.05, 3.63) is 64.7 Å². The van der Waals surface area contributed by atoms with E-state index in [2.05, 4.69) is 10.6 Å². The standard InChI is InChI=1S/C17H17ClN2O2/c1-2-10-19-16(21)12-6-8-15(9-7-12)20-17(22)13-4-3-5-14(18)11-13/h3-9,11H,2,10H2,1H3,(H,19,21)(H,20,22). The number of halogens is 1. The molecular formula is C17H17ClN2O2. The van der Waals surface area contributed by atoms with E-state index >= 15 is 0 Å². The van der Waals surface area contributed by atoms with Gasteiger partial charge in [0, 0.05) is 28.4 Å². The van der Waals surface area contributed by atoms with Crippen molar-refractivity contribution in [3.8, 4) is 0 Å². The molecule has 2 aromatic rings. The fourth-order valence-corrected chi connectivity index (χ4v) is 2.07. The van der Waals surface area contributed by atoms with E-state index in [1.807, 2.05) is 6.92 Å². The van der Waals surface area contributed by atoms with Gasteiger partial charge in [-0.1, -0.05) is 24.6 Å². The lowest BCUT2D eigenvalue weighted by atomic mass is 10.1. The van der Waals surface area contributed by atoms with Crippen LogP contribution in [-0.2, 0) is 0 Å². The molecule has 0 aliphatic rings. The van der Waals surface area contributed by atoms with Crippen LogP contribution in [0.2, 0.25) is 5.02 Å². The second-order valence-corrected chi connectivity index (χ2v) is 5.23. The summed E-state index contributed by atoms with van der Waals surface area (Å²) in [5.74, 6) is -0.361. The van der Waals surface area contributed by atoms with Crippen LogP contribution in [0, 0.1) is 0 Å². The van der Waals surface area contributed by atoms with Gasteiger partial charge in [-0.2, -0.15) is 0 Å². The largest absolute Gasteiger partial charge is 0.352 e. The molecule has 0 saturated heterocycles. The molecular weight excluding hydrogens is 300 g/mol. The SMILES string of the molecule is CCCNC(=O)c1ccc(NC(=O)c2cccc(Cl)c2)cc1. The van der Waals surface area contributed by atoms with Gasteiger partial charge in [-0.3, -0.25) is 9.59 Å². The van der Waals surface area contributed by atoms with Crippen LogP contribution in [-0.4, -0.2) is 18.4 Å². The topological polar surface area (TPSA) is 58.2 Å². The third-order valence-electron chi connectivity index (χ3n) is 3.03. The van der Waals surface area contributed by atoms with Crippen LogP contribution in [0.15, 0.2) is 48.5 Å². The quantitative estimate of drug-likeness (QED) is 0.883. The predicted molar refractivity (Wildman–Crippen MR) is 88.5 cm³/mol. The molecule has 0 aliphatic carbocycles. The first-order valence-electron chi connectivity index (χ1n) is 7.05. The van der Waals surface area contributed by atoms with E-state index < -0.39 is 0 Å². The molecule has 2 aromatic carbocycles. The van der Waals surface area contributed by atoms with Crippen LogP contribution in [0.1, 0.15) is 34.1 Å². The van der Waals surface area contributed by atoms with Crippen LogP contribution in [0.3, 0.4) is 0 Å². The van der Waals surface area contributed by atoms with E-state index in [-0.39, 0.29) is 11.8 Å². The number of carbonyl (C=O) groups is 2. The molecule has 0 saturated carbocycles. The Morgan fingerprint density at radius 3 is 2.36 bits per heavy atom. The minimum absolute atomic E-state index is 0.116. The van der Waals surface area contributed by atoms with Crippen LogP contribution < -0.4 is 10.6 Å². The fourth-order valence-electron chi connectivity index (χ4n) is 1.88. The van der Waals surface area contributed by atoms with Crippen LogP contribution in [0.4, 0.5) is 5.69 Å². The van der Waals surface area contributed by atoms with E-state index in [0.717, 1.165) is 6.42 Å². The van der Waals surface area contributed by atoms with Gasteiger partial charge in [0.2, 0.25) is 0 Å². The van der Waals surface area contributed by atoms with Crippen molar-refractivity contribution in [2.75, 3.05) is 11.9 Å². The number of hydrogen-bond acceptors (Lipinski definition) is 2. The van der Waals surface area contributed by atoms with Gasteiger partial charge in [0.15, 0.2) is 0 Å². The van der Waals surface area contributed by atoms with Gasteiger partial charge in [0.05, 0.1) is 0 Å². The summed E-state index contributed by atoms with van der Waals surface area (Å²) in [6, 6.07) is 13.5. The van der Waals surface area contributed by atoms with Crippen LogP contribution in [0.25, 0.3) is 0 Å². The van der Waals surface area contributed by atoms with Gasteiger partial charge >= 0.3 is 0 Å². The minimum atomic E-state index is -0.245. The summed E-state index contributed by atoms with van der Waals surface area (Å²) in [6.07, 6.45) is 0.888. The van der Waals surface area contributed by atoms with Crippen molar-refractivity contribution in [2.45, 2.75) is 13.3 Å². The minimum Gasteiger partial charge on any atom is -0.352 e. The van der Waals surface area contributed by atoms with Gasteiger partial charge in [0.25, 0.3) is 11.8 Å². The Morgan fingerprint density at radius 2 is 1.73 bits per heavy atom. The van der Waals surface area contributed by atoms with Crippen molar-refractivity contribution < 1.29 is 9.59 Å². The molecule has 0 aromatic heterocycles. The molecule has 0 atom stereocenters. The lowest BCUT2D eigenvalue weighted by Gasteiger charge is -2.07. The Labute approximate surface area is 134 Å². The Kier molecular flexibility index (Phi) is 5.55. The molecule has 0 radical (unpaired) electrons. The predicted octanol–water partition coefficient (Wildman–Crippen LogP) is 3.73.